The molecule has 2 heterocycles. The summed E-state index contributed by atoms with van der Waals surface area (Å²) < 4.78 is 5.60. The van der Waals surface area contributed by atoms with Crippen molar-refractivity contribution in [3.8, 4) is 5.88 Å². The number of nitrogens with zero attached hydrogens (tertiary/aromatic N) is 3. The van der Waals surface area contributed by atoms with E-state index < -0.39 is 0 Å². The number of rotatable bonds is 3. The average Bonchev–Trinajstić information content (AvgIpc) is 2.46. The molecule has 1 saturated carbocycles. The Hall–Kier alpha value is -1.60. The molecule has 2 fully saturated rings. The van der Waals surface area contributed by atoms with Crippen molar-refractivity contribution in [2.45, 2.75) is 51.4 Å². The third-order valence-electron chi connectivity index (χ3n) is 4.85. The highest BCUT2D eigenvalue weighted by atomic mass is 16.5. The summed E-state index contributed by atoms with van der Waals surface area (Å²) in [6.07, 6.45) is 1.23. The quantitative estimate of drug-likeness (QED) is 0.749. The summed E-state index contributed by atoms with van der Waals surface area (Å²) >= 11 is 0. The Kier molecular flexibility index (Phi) is 3.86. The lowest BCUT2D eigenvalue weighted by Crippen LogP contribution is -2.61. The van der Waals surface area contributed by atoms with Crippen LogP contribution < -0.4 is 15.4 Å². The lowest BCUT2D eigenvalue weighted by atomic mass is 9.58. The number of aromatic nitrogens is 2. The molecule has 0 radical (unpaired) electrons. The van der Waals surface area contributed by atoms with Gasteiger partial charge in [0.2, 0.25) is 11.8 Å². The third-order valence-corrected chi connectivity index (χ3v) is 4.85. The van der Waals surface area contributed by atoms with Gasteiger partial charge in [-0.2, -0.15) is 9.97 Å². The van der Waals surface area contributed by atoms with Crippen molar-refractivity contribution >= 4 is 11.8 Å². The second-order valence-electron chi connectivity index (χ2n) is 6.58. The second kappa shape index (κ2) is 5.55. The Morgan fingerprint density at radius 3 is 2.45 bits per heavy atom. The third kappa shape index (κ3) is 2.59. The standard InChI is InChI=1S/C15H24N4O3/c1-9(2)22-13-8-12(17-14(16)18-13)19-5-3-15(4-6-19)10(20)7-11(15)21/h8-11,20-21H,3-7H2,1-2H3,(H2,16,17,18)/t10-,11+. The van der Waals surface area contributed by atoms with Gasteiger partial charge in [-0.05, 0) is 26.7 Å². The predicted octanol–water partition coefficient (Wildman–Crippen LogP) is 0.558. The zero-order valence-corrected chi connectivity index (χ0v) is 13.1. The number of nitrogens with two attached hydrogens (primary N) is 1. The fourth-order valence-corrected chi connectivity index (χ4v) is 3.46. The van der Waals surface area contributed by atoms with Gasteiger partial charge in [0.1, 0.15) is 5.82 Å². The van der Waals surface area contributed by atoms with Crippen molar-refractivity contribution in [2.24, 2.45) is 5.41 Å². The summed E-state index contributed by atoms with van der Waals surface area (Å²) in [5.74, 6) is 1.40. The summed E-state index contributed by atoms with van der Waals surface area (Å²) in [6.45, 7) is 5.32. The highest BCUT2D eigenvalue weighted by molar-refractivity contribution is 5.46. The maximum absolute atomic E-state index is 9.99. The molecule has 1 spiro atoms. The van der Waals surface area contributed by atoms with Crippen LogP contribution in [0.25, 0.3) is 0 Å². The van der Waals surface area contributed by atoms with Crippen LogP contribution in [0.15, 0.2) is 6.07 Å². The van der Waals surface area contributed by atoms with Crippen LogP contribution in [0, 0.1) is 5.41 Å². The van der Waals surface area contributed by atoms with Crippen LogP contribution in [-0.2, 0) is 0 Å². The molecule has 2 atom stereocenters. The normalized spacial score (nSPS) is 27.0. The Morgan fingerprint density at radius 1 is 1.27 bits per heavy atom. The predicted molar refractivity (Wildman–Crippen MR) is 82.7 cm³/mol. The molecule has 0 unspecified atom stereocenters. The topological polar surface area (TPSA) is 105 Å². The van der Waals surface area contributed by atoms with E-state index in [2.05, 4.69) is 14.9 Å². The minimum absolute atomic E-state index is 0.0204. The summed E-state index contributed by atoms with van der Waals surface area (Å²) in [4.78, 5) is 10.5. The molecule has 1 saturated heterocycles. The second-order valence-corrected chi connectivity index (χ2v) is 6.58. The molecule has 0 bridgehead atoms. The number of ether oxygens (including phenoxy) is 1. The van der Waals surface area contributed by atoms with Gasteiger partial charge in [-0.25, -0.2) is 0 Å². The van der Waals surface area contributed by atoms with E-state index in [0.29, 0.717) is 12.3 Å². The number of hydrogen-bond donors (Lipinski definition) is 3. The molecule has 1 aliphatic carbocycles. The SMILES string of the molecule is CC(C)Oc1cc(N2CCC3(CC2)[C@H](O)C[C@@H]3O)nc(N)n1. The van der Waals surface area contributed by atoms with E-state index in [1.165, 1.54) is 0 Å². The number of anilines is 2. The highest BCUT2D eigenvalue weighted by Gasteiger charge is 2.54. The number of nitrogen functional groups attached to an aromatic ring is 1. The summed E-state index contributed by atoms with van der Waals surface area (Å²) in [5.41, 5.74) is 5.44. The maximum atomic E-state index is 9.99. The number of aliphatic hydroxyl groups excluding tert-OH is 2. The first-order valence-corrected chi connectivity index (χ1v) is 7.83. The van der Waals surface area contributed by atoms with Crippen LogP contribution in [0.5, 0.6) is 5.88 Å². The smallest absolute Gasteiger partial charge is 0.225 e. The molecular weight excluding hydrogens is 284 g/mol. The van der Waals surface area contributed by atoms with Crippen molar-refractivity contribution in [3.05, 3.63) is 6.07 Å². The minimum Gasteiger partial charge on any atom is -0.475 e. The van der Waals surface area contributed by atoms with Crippen LogP contribution in [0.2, 0.25) is 0 Å². The molecule has 1 aliphatic heterocycles. The maximum Gasteiger partial charge on any atom is 0.225 e. The van der Waals surface area contributed by atoms with E-state index in [0.717, 1.165) is 31.7 Å². The molecule has 4 N–H and O–H groups in total. The zero-order chi connectivity index (χ0) is 15.9. The van der Waals surface area contributed by atoms with Gasteiger partial charge in [0.05, 0.1) is 18.3 Å². The van der Waals surface area contributed by atoms with E-state index in [4.69, 9.17) is 10.5 Å². The molecule has 1 aromatic rings. The molecule has 1 aromatic heterocycles. The molecule has 122 valence electrons. The van der Waals surface area contributed by atoms with Crippen molar-refractivity contribution < 1.29 is 14.9 Å². The molecule has 22 heavy (non-hydrogen) atoms. The van der Waals surface area contributed by atoms with Crippen LogP contribution in [0.1, 0.15) is 33.1 Å². The first kappa shape index (κ1) is 15.3. The van der Waals surface area contributed by atoms with Crippen molar-refractivity contribution in [3.63, 3.8) is 0 Å². The van der Waals surface area contributed by atoms with Gasteiger partial charge in [0, 0.05) is 31.0 Å². The molecule has 3 rings (SSSR count). The first-order chi connectivity index (χ1) is 10.4. The summed E-state index contributed by atoms with van der Waals surface area (Å²) in [7, 11) is 0. The molecule has 7 heteroatoms. The van der Waals surface area contributed by atoms with Crippen molar-refractivity contribution in [1.29, 1.82) is 0 Å². The Bertz CT molecular complexity index is 534. The molecule has 2 aliphatic rings. The number of hydrogen-bond acceptors (Lipinski definition) is 7. The zero-order valence-electron chi connectivity index (χ0n) is 13.1. The molecule has 0 aromatic carbocycles. The lowest BCUT2D eigenvalue weighted by Gasteiger charge is -2.55. The molecular formula is C15H24N4O3. The van der Waals surface area contributed by atoms with Crippen molar-refractivity contribution in [1.82, 2.24) is 9.97 Å². The van der Waals surface area contributed by atoms with E-state index in [9.17, 15) is 10.2 Å². The fraction of sp³-hybridized carbons (Fsp3) is 0.733. The van der Waals surface area contributed by atoms with Crippen LogP contribution in [0.3, 0.4) is 0 Å². The van der Waals surface area contributed by atoms with Gasteiger partial charge in [0.15, 0.2) is 0 Å². The molecule has 0 amide bonds. The highest BCUT2D eigenvalue weighted by Crippen LogP contribution is 2.49. The van der Waals surface area contributed by atoms with E-state index in [1.807, 2.05) is 13.8 Å². The minimum atomic E-state index is -0.389. The van der Waals surface area contributed by atoms with Crippen LogP contribution in [-0.4, -0.2) is 51.6 Å². The van der Waals surface area contributed by atoms with E-state index in [1.54, 1.807) is 6.07 Å². The summed E-state index contributed by atoms with van der Waals surface area (Å²) in [5, 5.41) is 20.0. The largest absolute Gasteiger partial charge is 0.475 e. The Morgan fingerprint density at radius 2 is 1.91 bits per heavy atom. The molecule has 7 nitrogen and oxygen atoms in total. The van der Waals surface area contributed by atoms with Gasteiger partial charge in [-0.1, -0.05) is 0 Å². The van der Waals surface area contributed by atoms with E-state index in [-0.39, 0.29) is 29.7 Å². The van der Waals surface area contributed by atoms with Crippen LogP contribution >= 0.6 is 0 Å². The number of aliphatic hydroxyl groups is 2. The van der Waals surface area contributed by atoms with Gasteiger partial charge in [-0.15, -0.1) is 0 Å². The van der Waals surface area contributed by atoms with Gasteiger partial charge >= 0.3 is 0 Å². The van der Waals surface area contributed by atoms with Crippen LogP contribution in [0.4, 0.5) is 11.8 Å². The van der Waals surface area contributed by atoms with Gasteiger partial charge in [-0.3, -0.25) is 0 Å². The lowest BCUT2D eigenvalue weighted by molar-refractivity contribution is -0.177. The Labute approximate surface area is 130 Å². The summed E-state index contributed by atoms with van der Waals surface area (Å²) in [6, 6.07) is 1.79. The average molecular weight is 308 g/mol. The fourth-order valence-electron chi connectivity index (χ4n) is 3.46. The number of piperidine rings is 1. The Balaban J connectivity index is 1.72. The van der Waals surface area contributed by atoms with Gasteiger partial charge < -0.3 is 25.6 Å². The first-order valence-electron chi connectivity index (χ1n) is 7.83. The van der Waals surface area contributed by atoms with Gasteiger partial charge in [0.25, 0.3) is 0 Å². The van der Waals surface area contributed by atoms with Crippen molar-refractivity contribution in [2.75, 3.05) is 23.7 Å². The monoisotopic (exact) mass is 308 g/mol. The van der Waals surface area contributed by atoms with E-state index >= 15 is 0 Å².